The molecule has 1 rings (SSSR count). The Morgan fingerprint density at radius 3 is 2.35 bits per heavy atom. The highest BCUT2D eigenvalue weighted by molar-refractivity contribution is 9.10. The molecule has 0 aromatic heterocycles. The summed E-state index contributed by atoms with van der Waals surface area (Å²) < 4.78 is 33.4. The third kappa shape index (κ3) is 3.44. The Hall–Kier alpha value is -0.810. The van der Waals surface area contributed by atoms with Gasteiger partial charge in [0.2, 0.25) is 0 Å². The molecular weight excluding hydrogens is 330 g/mol. The quantitative estimate of drug-likeness (QED) is 0.681. The third-order valence-electron chi connectivity index (χ3n) is 3.55. The van der Waals surface area contributed by atoms with E-state index >= 15 is 0 Å². The predicted molar refractivity (Wildman–Crippen MR) is 77.7 cm³/mol. The summed E-state index contributed by atoms with van der Waals surface area (Å²) >= 11 is 3.00. The zero-order valence-corrected chi connectivity index (χ0v) is 13.5. The van der Waals surface area contributed by atoms with E-state index in [-0.39, 0.29) is 22.2 Å². The van der Waals surface area contributed by atoms with Gasteiger partial charge >= 0.3 is 0 Å². The summed E-state index contributed by atoms with van der Waals surface area (Å²) in [6.45, 7) is 5.86. The molecule has 1 aromatic rings. The molecule has 5 heteroatoms. The Balaban J connectivity index is 3.09. The van der Waals surface area contributed by atoms with Gasteiger partial charge in [-0.3, -0.25) is 4.79 Å². The van der Waals surface area contributed by atoms with Gasteiger partial charge in [-0.15, -0.1) is 0 Å². The van der Waals surface area contributed by atoms with Crippen molar-refractivity contribution in [1.82, 2.24) is 0 Å². The zero-order valence-electron chi connectivity index (χ0n) is 11.9. The number of halogens is 3. The van der Waals surface area contributed by atoms with E-state index in [4.69, 9.17) is 4.74 Å². The molecule has 0 unspecified atom stereocenters. The van der Waals surface area contributed by atoms with Gasteiger partial charge in [-0.2, -0.15) is 0 Å². The van der Waals surface area contributed by atoms with E-state index in [0.29, 0.717) is 19.4 Å². The minimum absolute atomic E-state index is 0.150. The molecule has 0 fully saturated rings. The Labute approximate surface area is 126 Å². The molecule has 0 aliphatic heterocycles. The molecule has 0 bridgehead atoms. The zero-order chi connectivity index (χ0) is 15.3. The van der Waals surface area contributed by atoms with Crippen molar-refractivity contribution >= 4 is 21.7 Å². The molecule has 0 saturated carbocycles. The average Bonchev–Trinajstić information content (AvgIpc) is 2.45. The topological polar surface area (TPSA) is 26.3 Å². The summed E-state index contributed by atoms with van der Waals surface area (Å²) in [5.74, 6) is -1.73. The minimum atomic E-state index is -0.962. The first-order valence-electron chi connectivity index (χ1n) is 6.71. The van der Waals surface area contributed by atoms with Crippen LogP contribution in [0.4, 0.5) is 8.78 Å². The van der Waals surface area contributed by atoms with Crippen LogP contribution in [-0.2, 0) is 16.0 Å². The lowest BCUT2D eigenvalue weighted by atomic mass is 9.88. The maximum Gasteiger partial charge on any atom is 0.169 e. The molecule has 0 aliphatic carbocycles. The Morgan fingerprint density at radius 1 is 1.25 bits per heavy atom. The summed E-state index contributed by atoms with van der Waals surface area (Å²) in [7, 11) is 0. The minimum Gasteiger partial charge on any atom is -0.368 e. The second-order valence-corrected chi connectivity index (χ2v) is 5.41. The van der Waals surface area contributed by atoms with Gasteiger partial charge in [-0.05, 0) is 47.8 Å². The fraction of sp³-hybridized carbons (Fsp3) is 0.533. The van der Waals surface area contributed by atoms with Crippen molar-refractivity contribution in [3.63, 3.8) is 0 Å². The summed E-state index contributed by atoms with van der Waals surface area (Å²) in [5.41, 5.74) is -1.17. The van der Waals surface area contributed by atoms with E-state index in [2.05, 4.69) is 15.9 Å². The van der Waals surface area contributed by atoms with Crippen molar-refractivity contribution < 1.29 is 18.3 Å². The van der Waals surface area contributed by atoms with E-state index in [1.165, 1.54) is 6.07 Å². The Bertz CT molecular complexity index is 485. The van der Waals surface area contributed by atoms with Crippen molar-refractivity contribution in [2.75, 3.05) is 6.61 Å². The Morgan fingerprint density at radius 2 is 1.85 bits per heavy atom. The van der Waals surface area contributed by atoms with Crippen molar-refractivity contribution in [2.45, 2.75) is 45.6 Å². The van der Waals surface area contributed by atoms with Crippen LogP contribution in [0.3, 0.4) is 0 Å². The molecule has 0 heterocycles. The number of ether oxygens (including phenoxy) is 1. The molecule has 2 nitrogen and oxygen atoms in total. The predicted octanol–water partition coefficient (Wildman–Crippen LogP) is 4.43. The van der Waals surface area contributed by atoms with E-state index in [1.54, 1.807) is 6.92 Å². The summed E-state index contributed by atoms with van der Waals surface area (Å²) in [4.78, 5) is 12.4. The molecule has 0 radical (unpaired) electrons. The van der Waals surface area contributed by atoms with Gasteiger partial charge in [0, 0.05) is 18.6 Å². The first-order valence-corrected chi connectivity index (χ1v) is 7.50. The molecule has 0 aliphatic rings. The molecule has 0 saturated heterocycles. The number of benzene rings is 1. The molecule has 0 spiro atoms. The lowest BCUT2D eigenvalue weighted by Gasteiger charge is -2.30. The second-order valence-electron chi connectivity index (χ2n) is 4.56. The van der Waals surface area contributed by atoms with Crippen molar-refractivity contribution in [1.29, 1.82) is 0 Å². The number of carbonyl (C=O) groups is 1. The van der Waals surface area contributed by atoms with Crippen LogP contribution in [0.15, 0.2) is 16.6 Å². The molecule has 0 amide bonds. The van der Waals surface area contributed by atoms with Crippen LogP contribution in [-0.4, -0.2) is 18.0 Å². The van der Waals surface area contributed by atoms with Crippen LogP contribution in [0, 0.1) is 11.6 Å². The number of hydrogen-bond donors (Lipinski definition) is 0. The third-order valence-corrected chi connectivity index (χ3v) is 4.16. The van der Waals surface area contributed by atoms with Crippen LogP contribution < -0.4 is 0 Å². The summed E-state index contributed by atoms with van der Waals surface area (Å²) in [6.07, 6.45) is 0.652. The standard InChI is InChI=1S/C15H19BrF2O2/c1-4-15(5-2,20-6-3)13(19)9-10-12(17)8-7-11(16)14(10)18/h7-8H,4-6,9H2,1-3H3. The first-order chi connectivity index (χ1) is 9.41. The van der Waals surface area contributed by atoms with E-state index in [0.717, 1.165) is 6.07 Å². The van der Waals surface area contributed by atoms with Gasteiger partial charge in [-0.1, -0.05) is 13.8 Å². The molecule has 0 atom stereocenters. The Kier molecular flexibility index (Phi) is 6.27. The lowest BCUT2D eigenvalue weighted by Crippen LogP contribution is -2.42. The van der Waals surface area contributed by atoms with Crippen LogP contribution in [0.2, 0.25) is 0 Å². The van der Waals surface area contributed by atoms with Crippen LogP contribution in [0.5, 0.6) is 0 Å². The normalized spacial score (nSPS) is 11.7. The van der Waals surface area contributed by atoms with Gasteiger partial charge in [0.05, 0.1) is 4.47 Å². The van der Waals surface area contributed by atoms with Crippen LogP contribution >= 0.6 is 15.9 Å². The fourth-order valence-corrected chi connectivity index (χ4v) is 2.63. The molecule has 1 aromatic carbocycles. The number of ketones is 1. The first kappa shape index (κ1) is 17.2. The molecule has 20 heavy (non-hydrogen) atoms. The summed E-state index contributed by atoms with van der Waals surface area (Å²) in [5, 5.41) is 0. The van der Waals surface area contributed by atoms with Crippen molar-refractivity contribution in [2.24, 2.45) is 0 Å². The summed E-state index contributed by atoms with van der Waals surface area (Å²) in [6, 6.07) is 2.43. The van der Waals surface area contributed by atoms with Crippen LogP contribution in [0.1, 0.15) is 39.2 Å². The lowest BCUT2D eigenvalue weighted by molar-refractivity contribution is -0.144. The van der Waals surface area contributed by atoms with Crippen LogP contribution in [0.25, 0.3) is 0 Å². The highest BCUT2D eigenvalue weighted by Gasteiger charge is 2.36. The second kappa shape index (κ2) is 7.27. The van der Waals surface area contributed by atoms with Gasteiger partial charge in [0.15, 0.2) is 5.78 Å². The number of hydrogen-bond acceptors (Lipinski definition) is 2. The smallest absolute Gasteiger partial charge is 0.169 e. The number of carbonyl (C=O) groups excluding carboxylic acids is 1. The van der Waals surface area contributed by atoms with Gasteiger partial charge in [0.1, 0.15) is 17.2 Å². The maximum atomic E-state index is 13.9. The van der Waals surface area contributed by atoms with Gasteiger partial charge in [-0.25, -0.2) is 8.78 Å². The van der Waals surface area contributed by atoms with Crippen molar-refractivity contribution in [3.05, 3.63) is 33.8 Å². The molecular formula is C15H19BrF2O2. The van der Waals surface area contributed by atoms with E-state index < -0.39 is 17.2 Å². The highest BCUT2D eigenvalue weighted by atomic mass is 79.9. The monoisotopic (exact) mass is 348 g/mol. The largest absolute Gasteiger partial charge is 0.368 e. The average molecular weight is 349 g/mol. The SMILES string of the molecule is CCOC(CC)(CC)C(=O)Cc1c(F)ccc(Br)c1F. The number of rotatable bonds is 7. The van der Waals surface area contributed by atoms with E-state index in [9.17, 15) is 13.6 Å². The van der Waals surface area contributed by atoms with E-state index in [1.807, 2.05) is 13.8 Å². The maximum absolute atomic E-state index is 13.9. The van der Waals surface area contributed by atoms with Gasteiger partial charge < -0.3 is 4.74 Å². The highest BCUT2D eigenvalue weighted by Crippen LogP contribution is 2.27. The van der Waals surface area contributed by atoms with Gasteiger partial charge in [0.25, 0.3) is 0 Å². The number of Topliss-reactive ketones (excluding diaryl/α,β-unsaturated/α-hetero) is 1. The fourth-order valence-electron chi connectivity index (χ4n) is 2.26. The molecule has 0 N–H and O–H groups in total. The van der Waals surface area contributed by atoms with Crippen molar-refractivity contribution in [3.8, 4) is 0 Å². The molecule has 112 valence electrons.